The van der Waals surface area contributed by atoms with E-state index in [1.165, 1.54) is 0 Å². The Bertz CT molecular complexity index is 1600. The molecular weight excluding hydrogens is 552 g/mol. The third-order valence-electron chi connectivity index (χ3n) is 8.12. The molecule has 1 amide bonds. The number of nitrogens with one attached hydrogen (secondary N) is 1. The summed E-state index contributed by atoms with van der Waals surface area (Å²) in [7, 11) is 0. The molecule has 9 heteroatoms. The zero-order valence-corrected chi connectivity index (χ0v) is 23.6. The normalized spacial score (nSPS) is 19.1. The Morgan fingerprint density at radius 2 is 1.79 bits per heavy atom. The van der Waals surface area contributed by atoms with Crippen LogP contribution in [0.1, 0.15) is 53.1 Å². The number of ether oxygens (including phenoxy) is 1. The molecule has 0 bridgehead atoms. The Kier molecular flexibility index (Phi) is 7.48. The van der Waals surface area contributed by atoms with E-state index in [2.05, 4.69) is 10.6 Å². The Labute approximate surface area is 247 Å². The van der Waals surface area contributed by atoms with E-state index in [1.54, 1.807) is 47.4 Å². The van der Waals surface area contributed by atoms with E-state index in [1.807, 2.05) is 36.4 Å². The predicted octanol–water partition coefficient (Wildman–Crippen LogP) is 5.28. The molecule has 6 rings (SSSR count). The van der Waals surface area contributed by atoms with Gasteiger partial charge in [-0.3, -0.25) is 9.52 Å². The lowest BCUT2D eigenvalue weighted by molar-refractivity contribution is -0.151. The minimum Gasteiger partial charge on any atom is -0.507 e. The van der Waals surface area contributed by atoms with E-state index < -0.39 is 22.8 Å². The van der Waals surface area contributed by atoms with Gasteiger partial charge in [0.25, 0.3) is 5.91 Å². The van der Waals surface area contributed by atoms with E-state index in [4.69, 9.17) is 15.3 Å². The number of rotatable bonds is 8. The van der Waals surface area contributed by atoms with Crippen LogP contribution in [0.4, 0.5) is 5.69 Å². The molecule has 0 aromatic heterocycles. The smallest absolute Gasteiger partial charge is 0.339 e. The SMILES string of the molecule is C#Cc1ccc(OS(=O)Nc2cccc(C(C3=C(O)C4(CCN(C(=O)c5ccccc5)CC4)OC3=O)C3CC3)c2)cc1. The van der Waals surface area contributed by atoms with Crippen LogP contribution in [-0.4, -0.2) is 44.8 Å². The number of nitrogens with zero attached hydrogens (tertiary/aromatic N) is 1. The molecule has 2 heterocycles. The maximum Gasteiger partial charge on any atom is 0.339 e. The third kappa shape index (κ3) is 5.50. The number of terminal acetylenes is 1. The number of aliphatic hydroxyl groups is 1. The highest BCUT2D eigenvalue weighted by Gasteiger charge is 2.54. The lowest BCUT2D eigenvalue weighted by Gasteiger charge is -2.38. The fourth-order valence-corrected chi connectivity index (χ4v) is 6.43. The number of aliphatic hydroxyl groups excluding tert-OH is 1. The van der Waals surface area contributed by atoms with Crippen LogP contribution in [0.3, 0.4) is 0 Å². The van der Waals surface area contributed by atoms with Crippen molar-refractivity contribution in [1.29, 1.82) is 0 Å². The first kappa shape index (κ1) is 27.6. The van der Waals surface area contributed by atoms with Gasteiger partial charge in [-0.2, -0.15) is 4.21 Å². The Morgan fingerprint density at radius 1 is 1.07 bits per heavy atom. The van der Waals surface area contributed by atoms with Gasteiger partial charge < -0.3 is 18.9 Å². The molecular formula is C33H30N2O6S. The number of anilines is 1. The predicted molar refractivity (Wildman–Crippen MR) is 159 cm³/mol. The number of hydrogen-bond acceptors (Lipinski definition) is 6. The molecule has 8 nitrogen and oxygen atoms in total. The maximum atomic E-state index is 13.3. The van der Waals surface area contributed by atoms with Gasteiger partial charge in [-0.15, -0.1) is 6.42 Å². The highest BCUT2D eigenvalue weighted by atomic mass is 32.2. The monoisotopic (exact) mass is 582 g/mol. The van der Waals surface area contributed by atoms with Crippen molar-refractivity contribution in [3.63, 3.8) is 0 Å². The molecule has 1 saturated carbocycles. The van der Waals surface area contributed by atoms with Crippen LogP contribution < -0.4 is 8.91 Å². The quantitative estimate of drug-likeness (QED) is 0.277. The molecule has 214 valence electrons. The lowest BCUT2D eigenvalue weighted by atomic mass is 9.82. The average Bonchev–Trinajstić information content (AvgIpc) is 3.82. The summed E-state index contributed by atoms with van der Waals surface area (Å²) in [6.45, 7) is 0.728. The number of hydrogen-bond donors (Lipinski definition) is 2. The van der Waals surface area contributed by atoms with E-state index >= 15 is 0 Å². The van der Waals surface area contributed by atoms with Crippen LogP contribution in [0.5, 0.6) is 5.75 Å². The Morgan fingerprint density at radius 3 is 2.45 bits per heavy atom. The first-order valence-electron chi connectivity index (χ1n) is 13.9. The summed E-state index contributed by atoms with van der Waals surface area (Å²) in [5.74, 6) is 2.10. The largest absolute Gasteiger partial charge is 0.507 e. The number of likely N-dealkylation sites (tertiary alicyclic amines) is 1. The van der Waals surface area contributed by atoms with E-state index in [-0.39, 0.29) is 29.1 Å². The molecule has 42 heavy (non-hydrogen) atoms. The van der Waals surface area contributed by atoms with E-state index in [9.17, 15) is 18.9 Å². The van der Waals surface area contributed by atoms with Gasteiger partial charge in [0, 0.05) is 48.7 Å². The zero-order valence-electron chi connectivity index (χ0n) is 22.8. The summed E-state index contributed by atoms with van der Waals surface area (Å²) in [6.07, 6.45) is 7.87. The van der Waals surface area contributed by atoms with Gasteiger partial charge in [-0.05, 0) is 72.9 Å². The summed E-state index contributed by atoms with van der Waals surface area (Å²) in [6, 6.07) is 23.1. The number of benzene rings is 3. The van der Waals surface area contributed by atoms with Crippen molar-refractivity contribution in [2.75, 3.05) is 17.8 Å². The molecule has 0 radical (unpaired) electrons. The van der Waals surface area contributed by atoms with Gasteiger partial charge in [0.1, 0.15) is 11.5 Å². The number of esters is 1. The van der Waals surface area contributed by atoms with Gasteiger partial charge in [-0.1, -0.05) is 36.3 Å². The van der Waals surface area contributed by atoms with Crippen molar-refractivity contribution in [3.05, 3.63) is 107 Å². The molecule has 2 aliphatic heterocycles. The summed E-state index contributed by atoms with van der Waals surface area (Å²) < 4.78 is 26.9. The molecule has 1 aliphatic carbocycles. The van der Waals surface area contributed by atoms with Gasteiger partial charge in [0.2, 0.25) is 0 Å². The fourth-order valence-electron chi connectivity index (χ4n) is 5.78. The lowest BCUT2D eigenvalue weighted by Crippen LogP contribution is -2.48. The van der Waals surface area contributed by atoms with Crippen molar-refractivity contribution in [1.82, 2.24) is 4.90 Å². The summed E-state index contributed by atoms with van der Waals surface area (Å²) >= 11 is -1.88. The van der Waals surface area contributed by atoms with Crippen LogP contribution in [0.15, 0.2) is 90.2 Å². The van der Waals surface area contributed by atoms with Crippen LogP contribution in [0, 0.1) is 18.3 Å². The number of carbonyl (C=O) groups is 2. The second-order valence-electron chi connectivity index (χ2n) is 10.8. The van der Waals surface area contributed by atoms with Crippen molar-refractivity contribution in [2.24, 2.45) is 5.92 Å². The van der Waals surface area contributed by atoms with Crippen molar-refractivity contribution < 1.29 is 27.8 Å². The molecule has 2 fully saturated rings. The van der Waals surface area contributed by atoms with Crippen molar-refractivity contribution in [2.45, 2.75) is 37.2 Å². The fraction of sp³-hybridized carbons (Fsp3) is 0.273. The third-order valence-corrected chi connectivity index (χ3v) is 8.86. The second-order valence-corrected chi connectivity index (χ2v) is 11.7. The standard InChI is InChI=1S/C33H30N2O6S/c1-2-22-11-15-27(16-12-22)41-42(39)34-26-10-6-9-25(21-26)28(23-13-14-23)29-30(36)33(40-32(29)38)17-19-35(20-18-33)31(37)24-7-4-3-5-8-24/h1,3-12,15-16,21,23,28,34,36H,13-14,17-20H2. The van der Waals surface area contributed by atoms with Gasteiger partial charge >= 0.3 is 17.2 Å². The number of piperidine rings is 1. The highest BCUT2D eigenvalue weighted by molar-refractivity contribution is 7.81. The van der Waals surface area contributed by atoms with Crippen LogP contribution in [-0.2, 0) is 20.8 Å². The Hall–Kier alpha value is -4.55. The average molecular weight is 583 g/mol. The molecule has 1 saturated heterocycles. The minimum atomic E-state index is -1.88. The van der Waals surface area contributed by atoms with Gasteiger partial charge in [0.05, 0.1) is 5.57 Å². The summed E-state index contributed by atoms with van der Waals surface area (Å²) in [4.78, 5) is 28.0. The zero-order chi connectivity index (χ0) is 29.3. The highest BCUT2D eigenvalue weighted by Crippen LogP contribution is 2.52. The van der Waals surface area contributed by atoms with Crippen LogP contribution >= 0.6 is 0 Å². The van der Waals surface area contributed by atoms with Crippen LogP contribution in [0.25, 0.3) is 0 Å². The number of carbonyl (C=O) groups excluding carboxylic acids is 2. The van der Waals surface area contributed by atoms with E-state index in [0.29, 0.717) is 48.5 Å². The van der Waals surface area contributed by atoms with Crippen LogP contribution in [0.2, 0.25) is 0 Å². The molecule has 1 spiro atoms. The molecule has 2 N–H and O–H groups in total. The molecule has 3 aromatic rings. The van der Waals surface area contributed by atoms with Crippen molar-refractivity contribution in [3.8, 4) is 18.1 Å². The summed E-state index contributed by atoms with van der Waals surface area (Å²) in [5, 5.41) is 11.5. The van der Waals surface area contributed by atoms with Gasteiger partial charge in [0.15, 0.2) is 5.60 Å². The van der Waals surface area contributed by atoms with Gasteiger partial charge in [-0.25, -0.2) is 4.79 Å². The van der Waals surface area contributed by atoms with E-state index in [0.717, 1.165) is 18.4 Å². The molecule has 3 aromatic carbocycles. The first-order chi connectivity index (χ1) is 20.4. The van der Waals surface area contributed by atoms with Crippen molar-refractivity contribution >= 4 is 28.8 Å². The molecule has 2 unspecified atom stereocenters. The first-order valence-corrected chi connectivity index (χ1v) is 15.0. The Balaban J connectivity index is 1.19. The second kappa shape index (κ2) is 11.4. The summed E-state index contributed by atoms with van der Waals surface area (Å²) in [5.41, 5.74) is 1.80. The maximum absolute atomic E-state index is 13.3. The molecule has 3 aliphatic rings. The topological polar surface area (TPSA) is 105 Å². The minimum absolute atomic E-state index is 0.0307. The number of amides is 1. The molecule has 2 atom stereocenters.